The van der Waals surface area contributed by atoms with Gasteiger partial charge in [-0.3, -0.25) is 14.4 Å². The molecule has 0 heterocycles. The third-order valence-corrected chi connectivity index (χ3v) is 5.38. The minimum Gasteiger partial charge on any atom is -0.428 e. The maximum atomic E-state index is 14.4. The lowest BCUT2D eigenvalue weighted by atomic mass is 9.79. The summed E-state index contributed by atoms with van der Waals surface area (Å²) >= 11 is 0. The summed E-state index contributed by atoms with van der Waals surface area (Å²) in [5.41, 5.74) is 1.01. The second kappa shape index (κ2) is 10.4. The first-order valence-electron chi connectivity index (χ1n) is 11.3. The number of allylic oxidation sites excluding steroid dienone is 4. The SMILES string of the molecule is CN(C)/C=C(\C(=O)Nc1cc(OC=O)c(C(C)(C)C)cc1C(C)(C)C)C(=O)C1=CCCC=C1F. The van der Waals surface area contributed by atoms with Crippen molar-refractivity contribution < 1.29 is 23.5 Å². The monoisotopic (exact) mass is 470 g/mol. The maximum absolute atomic E-state index is 14.4. The highest BCUT2D eigenvalue weighted by Gasteiger charge is 2.30. The number of carbonyl (C=O) groups is 3. The lowest BCUT2D eigenvalue weighted by molar-refractivity contribution is -0.121. The van der Waals surface area contributed by atoms with Crippen LogP contribution in [0.15, 0.2) is 47.5 Å². The van der Waals surface area contributed by atoms with E-state index < -0.39 is 17.5 Å². The molecule has 7 heteroatoms. The minimum atomic E-state index is -0.687. The van der Waals surface area contributed by atoms with Gasteiger partial charge in [-0.2, -0.15) is 0 Å². The third kappa shape index (κ3) is 6.43. The standard InChI is InChI=1S/C27H35FN2O4/c1-26(2,3)19-13-20(27(4,5)6)23(34-16-31)14-22(19)29-25(33)18(15-30(7)8)24(32)17-11-9-10-12-21(17)28/h11-16H,9-10H2,1-8H3,(H,29,33)/b18-15-. The predicted molar refractivity (Wildman–Crippen MR) is 132 cm³/mol. The molecule has 1 N–H and O–H groups in total. The summed E-state index contributed by atoms with van der Waals surface area (Å²) in [4.78, 5) is 39.2. The number of rotatable bonds is 7. The molecule has 1 aromatic rings. The van der Waals surface area contributed by atoms with Crippen molar-refractivity contribution in [2.45, 2.75) is 65.2 Å². The lowest BCUT2D eigenvalue weighted by Gasteiger charge is -2.29. The molecule has 0 radical (unpaired) electrons. The average Bonchev–Trinajstić information content (AvgIpc) is 2.70. The highest BCUT2D eigenvalue weighted by molar-refractivity contribution is 6.29. The number of benzene rings is 1. The zero-order valence-corrected chi connectivity index (χ0v) is 21.3. The van der Waals surface area contributed by atoms with Crippen molar-refractivity contribution in [2.75, 3.05) is 19.4 Å². The van der Waals surface area contributed by atoms with Crippen molar-refractivity contribution in [3.8, 4) is 5.75 Å². The molecule has 0 aromatic heterocycles. The Bertz CT molecular complexity index is 1070. The normalized spacial score (nSPS) is 14.7. The van der Waals surface area contributed by atoms with Crippen LogP contribution < -0.4 is 10.1 Å². The highest BCUT2D eigenvalue weighted by atomic mass is 19.1. The molecular formula is C27H35FN2O4. The highest BCUT2D eigenvalue weighted by Crippen LogP contribution is 2.40. The van der Waals surface area contributed by atoms with Crippen LogP contribution in [0.2, 0.25) is 0 Å². The topological polar surface area (TPSA) is 75.7 Å². The molecule has 0 aliphatic heterocycles. The third-order valence-electron chi connectivity index (χ3n) is 5.38. The maximum Gasteiger partial charge on any atom is 0.298 e. The number of nitrogens with zero attached hydrogens (tertiary/aromatic N) is 1. The van der Waals surface area contributed by atoms with Crippen LogP contribution in [0.25, 0.3) is 0 Å². The van der Waals surface area contributed by atoms with Crippen LogP contribution in [0.3, 0.4) is 0 Å². The zero-order chi connectivity index (χ0) is 25.8. The van der Waals surface area contributed by atoms with Crippen molar-refractivity contribution in [3.05, 3.63) is 58.6 Å². The number of anilines is 1. The van der Waals surface area contributed by atoms with E-state index in [1.54, 1.807) is 25.1 Å². The first-order chi connectivity index (χ1) is 15.7. The van der Waals surface area contributed by atoms with Gasteiger partial charge in [-0.1, -0.05) is 47.6 Å². The average molecular weight is 471 g/mol. The summed E-state index contributed by atoms with van der Waals surface area (Å²) in [7, 11) is 3.35. The molecule has 34 heavy (non-hydrogen) atoms. The Kier molecular flexibility index (Phi) is 8.24. The van der Waals surface area contributed by atoms with E-state index >= 15 is 0 Å². The number of hydrogen-bond donors (Lipinski definition) is 1. The first-order valence-corrected chi connectivity index (χ1v) is 11.3. The summed E-state index contributed by atoms with van der Waals surface area (Å²) in [5, 5.41) is 2.82. The summed E-state index contributed by atoms with van der Waals surface area (Å²) in [6, 6.07) is 3.52. The molecular weight excluding hydrogens is 435 g/mol. The molecule has 0 spiro atoms. The molecule has 184 valence electrons. The molecule has 1 aliphatic carbocycles. The molecule has 1 amide bonds. The largest absolute Gasteiger partial charge is 0.428 e. The fourth-order valence-electron chi connectivity index (χ4n) is 3.70. The van der Waals surface area contributed by atoms with Crippen molar-refractivity contribution in [2.24, 2.45) is 0 Å². The fraction of sp³-hybridized carbons (Fsp3) is 0.444. The van der Waals surface area contributed by atoms with Crippen molar-refractivity contribution in [1.82, 2.24) is 4.90 Å². The molecule has 6 nitrogen and oxygen atoms in total. The van der Waals surface area contributed by atoms with Gasteiger partial charge in [-0.15, -0.1) is 0 Å². The molecule has 0 bridgehead atoms. The number of ether oxygens (including phenoxy) is 1. The minimum absolute atomic E-state index is 0.112. The molecule has 0 fully saturated rings. The van der Waals surface area contributed by atoms with E-state index in [2.05, 4.69) is 5.32 Å². The molecule has 0 saturated carbocycles. The Morgan fingerprint density at radius 2 is 1.59 bits per heavy atom. The van der Waals surface area contributed by atoms with Crippen LogP contribution in [0.5, 0.6) is 5.75 Å². The van der Waals surface area contributed by atoms with Crippen LogP contribution in [0, 0.1) is 0 Å². The second-order valence-corrected chi connectivity index (χ2v) is 10.6. The van der Waals surface area contributed by atoms with E-state index in [0.717, 1.165) is 11.1 Å². The van der Waals surface area contributed by atoms with Gasteiger partial charge in [0, 0.05) is 37.6 Å². The molecule has 0 unspecified atom stereocenters. The number of amides is 1. The van der Waals surface area contributed by atoms with Gasteiger partial charge in [0.05, 0.1) is 5.57 Å². The second-order valence-electron chi connectivity index (χ2n) is 10.6. The number of hydrogen-bond acceptors (Lipinski definition) is 5. The Labute approximate surface area is 201 Å². The van der Waals surface area contributed by atoms with Crippen LogP contribution in [-0.2, 0) is 25.2 Å². The van der Waals surface area contributed by atoms with E-state index in [4.69, 9.17) is 4.74 Å². The Morgan fingerprint density at radius 1 is 1.00 bits per heavy atom. The number of ketones is 1. The zero-order valence-electron chi connectivity index (χ0n) is 21.3. The first kappa shape index (κ1) is 27.0. The van der Waals surface area contributed by atoms with Gasteiger partial charge in [0.25, 0.3) is 12.4 Å². The summed E-state index contributed by atoms with van der Waals surface area (Å²) in [6.07, 6.45) is 5.29. The molecule has 1 aromatic carbocycles. The summed E-state index contributed by atoms with van der Waals surface area (Å²) in [5.74, 6) is -1.67. The van der Waals surface area contributed by atoms with Gasteiger partial charge >= 0.3 is 0 Å². The summed E-state index contributed by atoms with van der Waals surface area (Å²) < 4.78 is 19.6. The van der Waals surface area contributed by atoms with E-state index in [9.17, 15) is 18.8 Å². The smallest absolute Gasteiger partial charge is 0.298 e. The van der Waals surface area contributed by atoms with Gasteiger partial charge in [-0.05, 0) is 41.4 Å². The quantitative estimate of drug-likeness (QED) is 0.252. The number of Topliss-reactive ketones (excluding diaryl/α,β-unsaturated/α-hetero) is 1. The van der Waals surface area contributed by atoms with Crippen molar-refractivity contribution in [1.29, 1.82) is 0 Å². The van der Waals surface area contributed by atoms with Crippen LogP contribution in [0.4, 0.5) is 10.1 Å². The van der Waals surface area contributed by atoms with Gasteiger partial charge in [0.1, 0.15) is 17.1 Å². The van der Waals surface area contributed by atoms with Gasteiger partial charge < -0.3 is 15.0 Å². The number of carbonyl (C=O) groups excluding carboxylic acids is 3. The van der Waals surface area contributed by atoms with Gasteiger partial charge in [0.15, 0.2) is 0 Å². The van der Waals surface area contributed by atoms with Crippen LogP contribution in [-0.4, -0.2) is 37.2 Å². The number of nitrogens with one attached hydrogen (secondary N) is 1. The Morgan fingerprint density at radius 3 is 2.09 bits per heavy atom. The molecule has 0 saturated heterocycles. The van der Waals surface area contributed by atoms with Gasteiger partial charge in [-0.25, -0.2) is 4.39 Å². The predicted octanol–water partition coefficient (Wildman–Crippen LogP) is 5.34. The van der Waals surface area contributed by atoms with Crippen LogP contribution in [0.1, 0.15) is 65.5 Å². The molecule has 0 atom stereocenters. The van der Waals surface area contributed by atoms with Crippen molar-refractivity contribution >= 4 is 23.9 Å². The Balaban J connectivity index is 2.59. The van der Waals surface area contributed by atoms with E-state index in [1.165, 1.54) is 18.4 Å². The van der Waals surface area contributed by atoms with E-state index in [1.807, 2.05) is 47.6 Å². The molecule has 1 aliphatic rings. The van der Waals surface area contributed by atoms with Crippen molar-refractivity contribution in [3.63, 3.8) is 0 Å². The van der Waals surface area contributed by atoms with Gasteiger partial charge in [0.2, 0.25) is 5.78 Å². The summed E-state index contributed by atoms with van der Waals surface area (Å²) in [6.45, 7) is 12.3. The fourth-order valence-corrected chi connectivity index (χ4v) is 3.70. The van der Waals surface area contributed by atoms with Crippen LogP contribution >= 0.6 is 0 Å². The van der Waals surface area contributed by atoms with E-state index in [0.29, 0.717) is 30.8 Å². The lowest BCUT2D eigenvalue weighted by Crippen LogP contribution is -2.27. The van der Waals surface area contributed by atoms with E-state index in [-0.39, 0.29) is 22.0 Å². The Hall–Kier alpha value is -3.22. The number of halogens is 1. The molecule has 2 rings (SSSR count).